The number of nitrogens with two attached hydrogens (primary N) is 1. The highest BCUT2D eigenvalue weighted by molar-refractivity contribution is 5.94. The first kappa shape index (κ1) is 14.4. The maximum absolute atomic E-state index is 13.1. The molecule has 0 fully saturated rings. The van der Waals surface area contributed by atoms with Crippen LogP contribution in [0, 0.1) is 5.82 Å². The number of anilines is 1. The number of rotatable bonds is 6. The first-order chi connectivity index (χ1) is 8.54. The number of benzene rings is 1. The molecule has 0 saturated heterocycles. The van der Waals surface area contributed by atoms with Crippen molar-refractivity contribution in [3.8, 4) is 0 Å². The molecule has 6 heteroatoms. The van der Waals surface area contributed by atoms with Gasteiger partial charge in [0, 0.05) is 19.2 Å². The Labute approximate surface area is 105 Å². The Kier molecular flexibility index (Phi) is 5.54. The quantitative estimate of drug-likeness (QED) is 0.648. The van der Waals surface area contributed by atoms with E-state index < -0.39 is 17.8 Å². The molecule has 0 aliphatic carbocycles. The van der Waals surface area contributed by atoms with Crippen LogP contribution in [-0.2, 0) is 4.74 Å². The number of methoxy groups -OCH3 is 1. The van der Waals surface area contributed by atoms with Crippen molar-refractivity contribution in [1.82, 2.24) is 5.32 Å². The zero-order valence-electron chi connectivity index (χ0n) is 10.1. The number of aliphatic hydroxyl groups excluding tert-OH is 1. The topological polar surface area (TPSA) is 84.6 Å². The number of nitrogens with one attached hydrogen (secondary N) is 1. The van der Waals surface area contributed by atoms with E-state index in [1.165, 1.54) is 19.2 Å². The fraction of sp³-hybridized carbons (Fsp3) is 0.417. The number of amides is 1. The lowest BCUT2D eigenvalue weighted by atomic mass is 10.2. The van der Waals surface area contributed by atoms with Crippen molar-refractivity contribution < 1.29 is 19.0 Å². The van der Waals surface area contributed by atoms with E-state index in [1.807, 2.05) is 0 Å². The third-order valence-electron chi connectivity index (χ3n) is 2.38. The van der Waals surface area contributed by atoms with E-state index in [9.17, 15) is 14.3 Å². The lowest BCUT2D eigenvalue weighted by Gasteiger charge is -2.10. The smallest absolute Gasteiger partial charge is 0.251 e. The molecule has 5 nitrogen and oxygen atoms in total. The maximum Gasteiger partial charge on any atom is 0.251 e. The molecule has 1 aromatic carbocycles. The van der Waals surface area contributed by atoms with Crippen LogP contribution in [0.25, 0.3) is 0 Å². The van der Waals surface area contributed by atoms with Crippen LogP contribution in [0.1, 0.15) is 16.8 Å². The van der Waals surface area contributed by atoms with Crippen LogP contribution in [0.2, 0.25) is 0 Å². The summed E-state index contributed by atoms with van der Waals surface area (Å²) >= 11 is 0. The summed E-state index contributed by atoms with van der Waals surface area (Å²) in [6.45, 7) is 0.502. The Morgan fingerprint density at radius 2 is 2.33 bits per heavy atom. The van der Waals surface area contributed by atoms with E-state index in [4.69, 9.17) is 10.5 Å². The van der Waals surface area contributed by atoms with Crippen molar-refractivity contribution in [3.63, 3.8) is 0 Å². The molecule has 0 aliphatic heterocycles. The van der Waals surface area contributed by atoms with Gasteiger partial charge in [0.2, 0.25) is 0 Å². The van der Waals surface area contributed by atoms with Gasteiger partial charge in [-0.3, -0.25) is 4.79 Å². The fourth-order valence-electron chi connectivity index (χ4n) is 1.40. The van der Waals surface area contributed by atoms with Crippen LogP contribution in [0.4, 0.5) is 10.1 Å². The molecule has 100 valence electrons. The molecule has 0 heterocycles. The monoisotopic (exact) mass is 256 g/mol. The van der Waals surface area contributed by atoms with Gasteiger partial charge < -0.3 is 20.9 Å². The minimum absolute atomic E-state index is 0.00191. The summed E-state index contributed by atoms with van der Waals surface area (Å²) in [5, 5.41) is 11.9. The van der Waals surface area contributed by atoms with E-state index in [0.717, 1.165) is 6.07 Å². The van der Waals surface area contributed by atoms with E-state index in [-0.39, 0.29) is 24.4 Å². The second-order valence-corrected chi connectivity index (χ2v) is 3.89. The number of halogens is 1. The molecule has 0 bridgehead atoms. The average Bonchev–Trinajstić information content (AvgIpc) is 2.33. The predicted octanol–water partition coefficient (Wildman–Crippen LogP) is 0.535. The van der Waals surface area contributed by atoms with Crippen molar-refractivity contribution in [2.75, 3.05) is 26.0 Å². The van der Waals surface area contributed by atoms with Crippen LogP contribution >= 0.6 is 0 Å². The Hall–Kier alpha value is -1.66. The largest absolute Gasteiger partial charge is 0.396 e. The minimum Gasteiger partial charge on any atom is -0.396 e. The predicted molar refractivity (Wildman–Crippen MR) is 65.6 cm³/mol. The number of hydrogen-bond acceptors (Lipinski definition) is 4. The van der Waals surface area contributed by atoms with E-state index >= 15 is 0 Å². The summed E-state index contributed by atoms with van der Waals surface area (Å²) in [5.74, 6) is -1.03. The molecule has 1 aromatic rings. The SMILES string of the molecule is COCC(O)CCNC(=O)c1ccc(N)c(F)c1. The Morgan fingerprint density at radius 1 is 1.61 bits per heavy atom. The summed E-state index contributed by atoms with van der Waals surface area (Å²) in [5.41, 5.74) is 5.51. The van der Waals surface area contributed by atoms with E-state index in [2.05, 4.69) is 5.32 Å². The van der Waals surface area contributed by atoms with Gasteiger partial charge in [0.1, 0.15) is 5.82 Å². The fourth-order valence-corrected chi connectivity index (χ4v) is 1.40. The number of ether oxygens (including phenoxy) is 1. The molecule has 1 amide bonds. The Morgan fingerprint density at radius 3 is 2.94 bits per heavy atom. The number of carbonyl (C=O) groups is 1. The molecule has 0 spiro atoms. The molecule has 1 rings (SSSR count). The van der Waals surface area contributed by atoms with Crippen molar-refractivity contribution in [3.05, 3.63) is 29.6 Å². The van der Waals surface area contributed by atoms with Crippen LogP contribution in [0.3, 0.4) is 0 Å². The highest BCUT2D eigenvalue weighted by Crippen LogP contribution is 2.11. The lowest BCUT2D eigenvalue weighted by molar-refractivity contribution is 0.0587. The van der Waals surface area contributed by atoms with Gasteiger partial charge in [-0.2, -0.15) is 0 Å². The van der Waals surface area contributed by atoms with Crippen molar-refractivity contribution in [2.24, 2.45) is 0 Å². The van der Waals surface area contributed by atoms with Crippen LogP contribution in [-0.4, -0.2) is 37.4 Å². The summed E-state index contributed by atoms with van der Waals surface area (Å²) in [7, 11) is 1.49. The molecule has 0 aromatic heterocycles. The van der Waals surface area contributed by atoms with Gasteiger partial charge in [0.25, 0.3) is 5.91 Å². The number of nitrogen functional groups attached to an aromatic ring is 1. The zero-order chi connectivity index (χ0) is 13.5. The molecule has 18 heavy (non-hydrogen) atoms. The van der Waals surface area contributed by atoms with Crippen molar-refractivity contribution >= 4 is 11.6 Å². The van der Waals surface area contributed by atoms with Gasteiger partial charge in [-0.05, 0) is 24.6 Å². The highest BCUT2D eigenvalue weighted by Gasteiger charge is 2.09. The van der Waals surface area contributed by atoms with Gasteiger partial charge in [-0.25, -0.2) is 4.39 Å². The van der Waals surface area contributed by atoms with E-state index in [1.54, 1.807) is 0 Å². The molecule has 1 unspecified atom stereocenters. The Bertz CT molecular complexity index is 412. The zero-order valence-corrected chi connectivity index (χ0v) is 10.1. The highest BCUT2D eigenvalue weighted by atomic mass is 19.1. The molecule has 0 aliphatic rings. The molecule has 0 radical (unpaired) electrons. The Balaban J connectivity index is 2.43. The first-order valence-corrected chi connectivity index (χ1v) is 5.54. The second kappa shape index (κ2) is 6.93. The summed E-state index contributed by atoms with van der Waals surface area (Å²) < 4.78 is 17.9. The standard InChI is InChI=1S/C12H17FN2O3/c1-18-7-9(16)4-5-15-12(17)8-2-3-11(14)10(13)6-8/h2-3,6,9,16H,4-5,7,14H2,1H3,(H,15,17). The molecule has 1 atom stereocenters. The third kappa shape index (κ3) is 4.31. The summed E-state index contributed by atoms with van der Waals surface area (Å²) in [6, 6.07) is 3.86. The minimum atomic E-state index is -0.626. The first-order valence-electron chi connectivity index (χ1n) is 5.54. The van der Waals surface area contributed by atoms with Gasteiger partial charge >= 0.3 is 0 Å². The van der Waals surface area contributed by atoms with Crippen molar-refractivity contribution in [2.45, 2.75) is 12.5 Å². The summed E-state index contributed by atoms with van der Waals surface area (Å²) in [4.78, 5) is 11.6. The number of aliphatic hydroxyl groups is 1. The normalized spacial score (nSPS) is 12.2. The van der Waals surface area contributed by atoms with Gasteiger partial charge in [-0.15, -0.1) is 0 Å². The molecule has 0 saturated carbocycles. The van der Waals surface area contributed by atoms with Crippen LogP contribution < -0.4 is 11.1 Å². The second-order valence-electron chi connectivity index (χ2n) is 3.89. The van der Waals surface area contributed by atoms with Gasteiger partial charge in [-0.1, -0.05) is 0 Å². The number of hydrogen-bond donors (Lipinski definition) is 3. The van der Waals surface area contributed by atoms with Gasteiger partial charge in [0.05, 0.1) is 18.4 Å². The lowest BCUT2D eigenvalue weighted by Crippen LogP contribution is -2.28. The van der Waals surface area contributed by atoms with E-state index in [0.29, 0.717) is 6.42 Å². The third-order valence-corrected chi connectivity index (χ3v) is 2.38. The van der Waals surface area contributed by atoms with Crippen LogP contribution in [0.15, 0.2) is 18.2 Å². The molecular weight excluding hydrogens is 239 g/mol. The summed E-state index contributed by atoms with van der Waals surface area (Å²) in [6.07, 6.45) is -0.254. The van der Waals surface area contributed by atoms with Crippen LogP contribution in [0.5, 0.6) is 0 Å². The average molecular weight is 256 g/mol. The molecule has 4 N–H and O–H groups in total. The van der Waals surface area contributed by atoms with Gasteiger partial charge in [0.15, 0.2) is 0 Å². The number of carbonyl (C=O) groups excluding carboxylic acids is 1. The maximum atomic E-state index is 13.1. The van der Waals surface area contributed by atoms with Crippen molar-refractivity contribution in [1.29, 1.82) is 0 Å². The molecular formula is C12H17FN2O3.